The average Bonchev–Trinajstić information content (AvgIpc) is 3.22. The summed E-state index contributed by atoms with van der Waals surface area (Å²) in [5.41, 5.74) is 1.54. The molecule has 1 aliphatic carbocycles. The minimum Gasteiger partial charge on any atom is -0.147 e. The van der Waals surface area contributed by atoms with E-state index in [4.69, 9.17) is 0 Å². The molecule has 0 aromatic heterocycles. The van der Waals surface area contributed by atoms with Crippen molar-refractivity contribution in [2.24, 2.45) is 5.92 Å². The van der Waals surface area contributed by atoms with Crippen LogP contribution in [-0.4, -0.2) is 8.80 Å². The Morgan fingerprint density at radius 2 is 1.09 bits per heavy atom. The van der Waals surface area contributed by atoms with Crippen LogP contribution in [0.25, 0.3) is 0 Å². The third-order valence-electron chi connectivity index (χ3n) is 5.48. The summed E-state index contributed by atoms with van der Waals surface area (Å²) in [7, 11) is -1.31. The van der Waals surface area contributed by atoms with Crippen molar-refractivity contribution in [2.75, 3.05) is 0 Å². The Bertz CT molecular complexity index is 851. The van der Waals surface area contributed by atoms with Crippen molar-refractivity contribution in [3.05, 3.63) is 113 Å². The molecule has 0 bridgehead atoms. The first-order valence-corrected chi connectivity index (χ1v) is 13.0. The van der Waals surface area contributed by atoms with Gasteiger partial charge in [0.2, 0.25) is 0 Å². The number of rotatable bonds is 5. The van der Waals surface area contributed by atoms with E-state index in [0.717, 1.165) is 5.92 Å². The summed E-state index contributed by atoms with van der Waals surface area (Å²) in [5, 5.41) is 4.42. The van der Waals surface area contributed by atoms with Gasteiger partial charge in [-0.25, -0.2) is 0 Å². The molecule has 0 nitrogen and oxygen atoms in total. The van der Waals surface area contributed by atoms with Crippen molar-refractivity contribution in [3.63, 3.8) is 0 Å². The Kier molecular flexibility index (Phi) is 16.0. The standard InChI is InChI=1S/C18H16Si.C9H13.3ClH.Ti/c1-4-10-16(11-5-1)19(17-12-6-2-7-13-17)18-14-8-3-9-15-18;1-3-8(2)9-6-4-5-7-9;;;;/h1-15,19H;6-8H,3-4H2,1-2H3;3*1H;. The Morgan fingerprint density at radius 3 is 1.38 bits per heavy atom. The van der Waals surface area contributed by atoms with Crippen LogP contribution in [0.1, 0.15) is 26.7 Å². The van der Waals surface area contributed by atoms with E-state index < -0.39 is 8.80 Å². The van der Waals surface area contributed by atoms with Crippen LogP contribution in [0.15, 0.2) is 113 Å². The Balaban J connectivity index is 0.000000642. The first-order valence-electron chi connectivity index (χ1n) is 10.5. The zero-order valence-corrected chi connectivity index (χ0v) is 23.8. The number of hydrogen-bond donors (Lipinski definition) is 0. The predicted molar refractivity (Wildman–Crippen MR) is 147 cm³/mol. The van der Waals surface area contributed by atoms with Crippen LogP contribution in [0.4, 0.5) is 0 Å². The van der Waals surface area contributed by atoms with Gasteiger partial charge in [0.25, 0.3) is 0 Å². The smallest absolute Gasteiger partial charge is 0.132 e. The summed E-state index contributed by atoms with van der Waals surface area (Å²) >= 11 is 2.20. The number of hydrogen-bond acceptors (Lipinski definition) is 0. The topological polar surface area (TPSA) is 0 Å². The zero-order valence-electron chi connectivity index (χ0n) is 18.6. The zero-order chi connectivity index (χ0) is 20.5. The minimum atomic E-state index is -1.31. The van der Waals surface area contributed by atoms with E-state index in [-0.39, 0.29) is 37.2 Å². The molecule has 0 radical (unpaired) electrons. The molecule has 0 fully saturated rings. The van der Waals surface area contributed by atoms with Crippen LogP contribution in [0.5, 0.6) is 0 Å². The van der Waals surface area contributed by atoms with Crippen LogP contribution in [0.3, 0.4) is 0 Å². The third-order valence-corrected chi connectivity index (χ3v) is 9.18. The van der Waals surface area contributed by atoms with Gasteiger partial charge < -0.3 is 0 Å². The van der Waals surface area contributed by atoms with E-state index >= 15 is 0 Å². The molecule has 4 rings (SSSR count). The van der Waals surface area contributed by atoms with Gasteiger partial charge in [-0.3, -0.25) is 0 Å². The first kappa shape index (κ1) is 30.9. The summed E-state index contributed by atoms with van der Waals surface area (Å²) in [6, 6.07) is 32.7. The number of allylic oxidation sites excluding steroid dienone is 4. The summed E-state index contributed by atoms with van der Waals surface area (Å²) < 4.78 is 1.51. The van der Waals surface area contributed by atoms with Gasteiger partial charge in [0, 0.05) is 0 Å². The van der Waals surface area contributed by atoms with E-state index in [1.165, 1.54) is 32.3 Å². The van der Waals surface area contributed by atoms with Gasteiger partial charge in [0.1, 0.15) is 8.80 Å². The van der Waals surface area contributed by atoms with Crippen LogP contribution >= 0.6 is 37.2 Å². The number of halogens is 3. The van der Waals surface area contributed by atoms with E-state index in [2.05, 4.69) is 137 Å². The molecule has 1 aliphatic rings. The Hall–Kier alpha value is -1.06. The molecule has 0 heterocycles. The van der Waals surface area contributed by atoms with Crippen molar-refractivity contribution in [1.82, 2.24) is 0 Å². The molecule has 169 valence electrons. The maximum atomic E-state index is 2.35. The van der Waals surface area contributed by atoms with E-state index in [0.29, 0.717) is 0 Å². The molecule has 0 saturated carbocycles. The normalized spacial score (nSPS) is 12.6. The SMILES string of the molecule is CCC(C)C1=CC[C]([Ti])=C1.Cl.Cl.Cl.c1ccc([SiH](c2ccccc2)c2ccccc2)cc1. The fourth-order valence-electron chi connectivity index (χ4n) is 3.64. The van der Waals surface area contributed by atoms with Gasteiger partial charge in [0.15, 0.2) is 0 Å². The second-order valence-electron chi connectivity index (χ2n) is 7.55. The molecule has 3 aromatic carbocycles. The molecule has 0 aliphatic heterocycles. The van der Waals surface area contributed by atoms with E-state index in [1.807, 2.05) is 0 Å². The fourth-order valence-corrected chi connectivity index (χ4v) is 7.04. The average molecular weight is 539 g/mol. The molecular weight excluding hydrogens is 507 g/mol. The monoisotopic (exact) mass is 537 g/mol. The molecule has 0 saturated heterocycles. The summed E-state index contributed by atoms with van der Waals surface area (Å²) in [6.07, 6.45) is 7.12. The van der Waals surface area contributed by atoms with Crippen molar-refractivity contribution in [2.45, 2.75) is 26.7 Å². The number of benzene rings is 3. The summed E-state index contributed by atoms with van der Waals surface area (Å²) in [6.45, 7) is 4.54. The first-order chi connectivity index (χ1) is 14.2. The van der Waals surface area contributed by atoms with Crippen LogP contribution < -0.4 is 15.6 Å². The van der Waals surface area contributed by atoms with E-state index in [9.17, 15) is 0 Å². The van der Waals surface area contributed by atoms with Gasteiger partial charge in [0.05, 0.1) is 0 Å². The van der Waals surface area contributed by atoms with Gasteiger partial charge in [-0.2, -0.15) is 0 Å². The molecular formula is C27H32Cl3SiTi. The maximum absolute atomic E-state index is 2.35. The predicted octanol–water partition coefficient (Wildman–Crippen LogP) is 5.99. The van der Waals surface area contributed by atoms with Gasteiger partial charge >= 0.3 is 74.6 Å². The van der Waals surface area contributed by atoms with Crippen LogP contribution in [0.2, 0.25) is 0 Å². The molecule has 1 atom stereocenters. The second-order valence-corrected chi connectivity index (χ2v) is 11.4. The molecule has 1 unspecified atom stereocenters. The molecule has 3 aromatic rings. The van der Waals surface area contributed by atoms with Gasteiger partial charge in [-0.1, -0.05) is 107 Å². The quantitative estimate of drug-likeness (QED) is 0.276. The van der Waals surface area contributed by atoms with E-state index in [1.54, 1.807) is 5.57 Å². The molecule has 32 heavy (non-hydrogen) atoms. The summed E-state index contributed by atoms with van der Waals surface area (Å²) in [4.78, 5) is 0. The molecule has 0 spiro atoms. The van der Waals surface area contributed by atoms with Crippen molar-refractivity contribution in [3.8, 4) is 0 Å². The Labute approximate surface area is 225 Å². The largest absolute Gasteiger partial charge is 0.147 e. The third kappa shape index (κ3) is 9.06. The van der Waals surface area contributed by atoms with Gasteiger partial charge in [-0.15, -0.1) is 37.2 Å². The second kappa shape index (κ2) is 16.5. The van der Waals surface area contributed by atoms with Crippen molar-refractivity contribution < 1.29 is 20.4 Å². The van der Waals surface area contributed by atoms with Crippen LogP contribution in [-0.2, 0) is 20.4 Å². The van der Waals surface area contributed by atoms with Gasteiger partial charge in [-0.05, 0) is 0 Å². The molecule has 0 amide bonds. The fraction of sp³-hybridized carbons (Fsp3) is 0.185. The van der Waals surface area contributed by atoms with Crippen molar-refractivity contribution in [1.29, 1.82) is 0 Å². The molecule has 5 heteroatoms. The van der Waals surface area contributed by atoms with Crippen molar-refractivity contribution >= 4 is 61.6 Å². The Morgan fingerprint density at radius 1 is 0.719 bits per heavy atom. The van der Waals surface area contributed by atoms with Crippen LogP contribution in [0, 0.1) is 5.92 Å². The summed E-state index contributed by atoms with van der Waals surface area (Å²) in [5.74, 6) is 0.762. The maximum Gasteiger partial charge on any atom is 0.132 e. The molecule has 0 N–H and O–H groups in total. The minimum absolute atomic E-state index is 0.